The maximum atomic E-state index is 6.05. The first-order valence-electron chi connectivity index (χ1n) is 5.94. The average molecular weight is 245 g/mol. The summed E-state index contributed by atoms with van der Waals surface area (Å²) in [5.41, 5.74) is 4.99. The van der Waals surface area contributed by atoms with Gasteiger partial charge in [0.25, 0.3) is 0 Å². The molecule has 0 fully saturated rings. The molecule has 0 amide bonds. The molecule has 17 heavy (non-hydrogen) atoms. The van der Waals surface area contributed by atoms with Crippen LogP contribution < -0.4 is 0 Å². The zero-order chi connectivity index (χ0) is 12.4. The maximum Gasteiger partial charge on any atom is 0.0435 e. The zero-order valence-corrected chi connectivity index (χ0v) is 11.3. The van der Waals surface area contributed by atoms with Crippen molar-refractivity contribution in [1.29, 1.82) is 0 Å². The minimum atomic E-state index is 0.559. The van der Waals surface area contributed by atoms with Crippen LogP contribution in [0.1, 0.15) is 30.9 Å². The van der Waals surface area contributed by atoms with Gasteiger partial charge in [0.2, 0.25) is 0 Å². The molecule has 0 bridgehead atoms. The van der Waals surface area contributed by atoms with Crippen LogP contribution in [-0.2, 0) is 0 Å². The first-order chi connectivity index (χ1) is 8.08. The molecule has 2 rings (SSSR count). The molecule has 0 aliphatic heterocycles. The van der Waals surface area contributed by atoms with Gasteiger partial charge in [-0.3, -0.25) is 0 Å². The van der Waals surface area contributed by atoms with Crippen molar-refractivity contribution in [3.8, 4) is 11.1 Å². The summed E-state index contributed by atoms with van der Waals surface area (Å²) in [7, 11) is 0. The number of hydrogen-bond acceptors (Lipinski definition) is 0. The molecule has 0 atom stereocenters. The summed E-state index contributed by atoms with van der Waals surface area (Å²) in [4.78, 5) is 0. The maximum absolute atomic E-state index is 6.05. The van der Waals surface area contributed by atoms with E-state index in [1.165, 1.54) is 16.7 Å². The molecule has 0 saturated heterocycles. The summed E-state index contributed by atoms with van der Waals surface area (Å²) >= 11 is 6.05. The lowest BCUT2D eigenvalue weighted by Gasteiger charge is -2.09. The number of benzene rings is 2. The Morgan fingerprint density at radius 3 is 2.29 bits per heavy atom. The quantitative estimate of drug-likeness (QED) is 0.660. The minimum Gasteiger partial charge on any atom is -0.0841 e. The van der Waals surface area contributed by atoms with E-state index in [-0.39, 0.29) is 0 Å². The number of aryl methyl sites for hydroxylation is 1. The second kappa shape index (κ2) is 4.93. The van der Waals surface area contributed by atoms with Gasteiger partial charge < -0.3 is 0 Å². The van der Waals surface area contributed by atoms with Gasteiger partial charge >= 0.3 is 0 Å². The van der Waals surface area contributed by atoms with Gasteiger partial charge in [-0.25, -0.2) is 0 Å². The summed E-state index contributed by atoms with van der Waals surface area (Å²) < 4.78 is 0. The molecule has 0 radical (unpaired) electrons. The van der Waals surface area contributed by atoms with E-state index >= 15 is 0 Å². The van der Waals surface area contributed by atoms with Gasteiger partial charge in [-0.2, -0.15) is 0 Å². The predicted octanol–water partition coefficient (Wildman–Crippen LogP) is 5.44. The molecule has 1 heteroatoms. The van der Waals surface area contributed by atoms with Gasteiger partial charge in [0.15, 0.2) is 0 Å². The van der Waals surface area contributed by atoms with Gasteiger partial charge in [-0.1, -0.05) is 55.8 Å². The fraction of sp³-hybridized carbons (Fsp3) is 0.250. The largest absolute Gasteiger partial charge is 0.0841 e. The lowest BCUT2D eigenvalue weighted by Crippen LogP contribution is -1.88. The van der Waals surface area contributed by atoms with E-state index in [9.17, 15) is 0 Å². The molecule has 0 saturated carbocycles. The monoisotopic (exact) mass is 244 g/mol. The lowest BCUT2D eigenvalue weighted by molar-refractivity contribution is 0.867. The third kappa shape index (κ3) is 2.70. The molecule has 0 unspecified atom stereocenters. The number of halogens is 1. The van der Waals surface area contributed by atoms with Crippen molar-refractivity contribution in [3.63, 3.8) is 0 Å². The fourth-order valence-corrected chi connectivity index (χ4v) is 2.02. The molecule has 0 heterocycles. The highest BCUT2D eigenvalue weighted by molar-refractivity contribution is 6.31. The molecule has 0 aliphatic carbocycles. The summed E-state index contributed by atoms with van der Waals surface area (Å²) in [5.74, 6) is 0.559. The van der Waals surface area contributed by atoms with E-state index < -0.39 is 0 Å². The highest BCUT2D eigenvalue weighted by Crippen LogP contribution is 2.27. The summed E-state index contributed by atoms with van der Waals surface area (Å²) in [6.45, 7) is 6.47. The molecule has 2 aromatic rings. The van der Waals surface area contributed by atoms with E-state index in [0.717, 1.165) is 10.6 Å². The first kappa shape index (κ1) is 12.2. The van der Waals surface area contributed by atoms with Crippen LogP contribution in [0.3, 0.4) is 0 Å². The van der Waals surface area contributed by atoms with Crippen LogP contribution in [0.5, 0.6) is 0 Å². The van der Waals surface area contributed by atoms with Crippen molar-refractivity contribution in [2.45, 2.75) is 26.7 Å². The van der Waals surface area contributed by atoms with Crippen molar-refractivity contribution in [2.75, 3.05) is 0 Å². The minimum absolute atomic E-state index is 0.559. The predicted molar refractivity (Wildman–Crippen MR) is 75.7 cm³/mol. The van der Waals surface area contributed by atoms with E-state index in [4.69, 9.17) is 11.6 Å². The SMILES string of the molecule is Cc1cc(-c2cccc(C(C)C)c2)ccc1Cl. The number of hydrogen-bond donors (Lipinski definition) is 0. The van der Waals surface area contributed by atoms with Crippen LogP contribution >= 0.6 is 11.6 Å². The summed E-state index contributed by atoms with van der Waals surface area (Å²) in [6, 6.07) is 14.9. The van der Waals surface area contributed by atoms with Crippen LogP contribution in [0.25, 0.3) is 11.1 Å². The molecule has 0 N–H and O–H groups in total. The molecule has 0 nitrogen and oxygen atoms in total. The molecule has 0 spiro atoms. The summed E-state index contributed by atoms with van der Waals surface area (Å²) in [6.07, 6.45) is 0. The Bertz CT molecular complexity index is 527. The second-order valence-electron chi connectivity index (χ2n) is 4.74. The molecule has 2 aromatic carbocycles. The van der Waals surface area contributed by atoms with Gasteiger partial charge in [-0.05, 0) is 47.2 Å². The third-order valence-electron chi connectivity index (χ3n) is 3.04. The molecular formula is C16H17Cl. The van der Waals surface area contributed by atoms with E-state index in [0.29, 0.717) is 5.92 Å². The highest BCUT2D eigenvalue weighted by atomic mass is 35.5. The van der Waals surface area contributed by atoms with E-state index in [1.807, 2.05) is 13.0 Å². The fourth-order valence-electron chi connectivity index (χ4n) is 1.90. The number of rotatable bonds is 2. The van der Waals surface area contributed by atoms with Gasteiger partial charge in [0, 0.05) is 5.02 Å². The standard InChI is InChI=1S/C16H17Cl/c1-11(2)13-5-4-6-14(10-13)15-7-8-16(17)12(3)9-15/h4-11H,1-3H3. The van der Waals surface area contributed by atoms with Gasteiger partial charge in [0.05, 0.1) is 0 Å². The Hall–Kier alpha value is -1.27. The molecular weight excluding hydrogens is 228 g/mol. The lowest BCUT2D eigenvalue weighted by atomic mass is 9.97. The average Bonchev–Trinajstić information content (AvgIpc) is 2.33. The Morgan fingerprint density at radius 2 is 1.65 bits per heavy atom. The van der Waals surface area contributed by atoms with E-state index in [2.05, 4.69) is 50.2 Å². The van der Waals surface area contributed by atoms with Crippen LogP contribution in [0.2, 0.25) is 5.02 Å². The topological polar surface area (TPSA) is 0 Å². The highest BCUT2D eigenvalue weighted by Gasteiger charge is 2.03. The smallest absolute Gasteiger partial charge is 0.0435 e. The third-order valence-corrected chi connectivity index (χ3v) is 3.47. The van der Waals surface area contributed by atoms with Gasteiger partial charge in [0.1, 0.15) is 0 Å². The van der Waals surface area contributed by atoms with Crippen LogP contribution in [0.4, 0.5) is 0 Å². The molecule has 0 aliphatic rings. The van der Waals surface area contributed by atoms with Crippen molar-refractivity contribution >= 4 is 11.6 Å². The molecule has 0 aromatic heterocycles. The Morgan fingerprint density at radius 1 is 0.941 bits per heavy atom. The van der Waals surface area contributed by atoms with Crippen molar-refractivity contribution < 1.29 is 0 Å². The van der Waals surface area contributed by atoms with Crippen LogP contribution in [0.15, 0.2) is 42.5 Å². The zero-order valence-electron chi connectivity index (χ0n) is 10.5. The Kier molecular flexibility index (Phi) is 3.54. The van der Waals surface area contributed by atoms with Crippen molar-refractivity contribution in [1.82, 2.24) is 0 Å². The van der Waals surface area contributed by atoms with Gasteiger partial charge in [-0.15, -0.1) is 0 Å². The second-order valence-corrected chi connectivity index (χ2v) is 5.15. The van der Waals surface area contributed by atoms with Crippen LogP contribution in [0, 0.1) is 6.92 Å². The van der Waals surface area contributed by atoms with Crippen LogP contribution in [-0.4, -0.2) is 0 Å². The van der Waals surface area contributed by atoms with E-state index in [1.54, 1.807) is 0 Å². The van der Waals surface area contributed by atoms with Crippen molar-refractivity contribution in [3.05, 3.63) is 58.6 Å². The molecule has 88 valence electrons. The van der Waals surface area contributed by atoms with Crippen molar-refractivity contribution in [2.24, 2.45) is 0 Å². The Labute approximate surface area is 108 Å². The summed E-state index contributed by atoms with van der Waals surface area (Å²) in [5, 5.41) is 0.828. The normalized spacial score (nSPS) is 10.9. The first-order valence-corrected chi connectivity index (χ1v) is 6.32. The Balaban J connectivity index is 2.45.